The molecule has 1 aromatic carbocycles. The number of benzene rings is 1. The van der Waals surface area contributed by atoms with Crippen molar-refractivity contribution in [1.29, 1.82) is 5.26 Å². The summed E-state index contributed by atoms with van der Waals surface area (Å²) in [5.74, 6) is 0.968. The van der Waals surface area contributed by atoms with Crippen molar-refractivity contribution in [2.45, 2.75) is 6.42 Å². The monoisotopic (exact) mass is 351 g/mol. The number of nitrogens with zero attached hydrogens (tertiary/aromatic N) is 5. The van der Waals surface area contributed by atoms with E-state index in [0.717, 1.165) is 56.1 Å². The molecule has 4 rings (SSSR count). The van der Waals surface area contributed by atoms with Crippen molar-refractivity contribution in [2.75, 3.05) is 37.6 Å². The lowest BCUT2D eigenvalue weighted by Gasteiger charge is -2.35. The molecular formula is C19H21N5S. The SMILES string of the molecule is Cn1c(N2CCN(CCc3cccs3)CC2)nc2cccc(C#N)c21. The number of aromatic nitrogens is 2. The fourth-order valence-corrected chi connectivity index (χ4v) is 4.22. The van der Waals surface area contributed by atoms with E-state index in [4.69, 9.17) is 4.98 Å². The third-order valence-electron chi connectivity index (χ3n) is 4.90. The molecule has 0 aliphatic carbocycles. The molecule has 1 aliphatic heterocycles. The first-order valence-corrected chi connectivity index (χ1v) is 9.49. The Balaban J connectivity index is 1.45. The summed E-state index contributed by atoms with van der Waals surface area (Å²) in [6.45, 7) is 5.18. The molecule has 0 atom stereocenters. The van der Waals surface area contributed by atoms with Crippen molar-refractivity contribution in [3.8, 4) is 6.07 Å². The maximum Gasteiger partial charge on any atom is 0.206 e. The van der Waals surface area contributed by atoms with Gasteiger partial charge < -0.3 is 9.47 Å². The number of nitriles is 1. The van der Waals surface area contributed by atoms with Gasteiger partial charge in [0, 0.05) is 44.6 Å². The molecule has 0 radical (unpaired) electrons. The van der Waals surface area contributed by atoms with Crippen molar-refractivity contribution in [3.05, 3.63) is 46.2 Å². The van der Waals surface area contributed by atoms with Crippen molar-refractivity contribution >= 4 is 28.3 Å². The zero-order valence-electron chi connectivity index (χ0n) is 14.4. The number of piperazine rings is 1. The van der Waals surface area contributed by atoms with Crippen LogP contribution in [-0.2, 0) is 13.5 Å². The molecular weight excluding hydrogens is 330 g/mol. The minimum Gasteiger partial charge on any atom is -0.340 e. The summed E-state index contributed by atoms with van der Waals surface area (Å²) in [6.07, 6.45) is 1.13. The molecule has 0 amide bonds. The Morgan fingerprint density at radius 2 is 2.00 bits per heavy atom. The van der Waals surface area contributed by atoms with Gasteiger partial charge in [-0.3, -0.25) is 4.90 Å². The second kappa shape index (κ2) is 6.87. The molecule has 0 saturated carbocycles. The summed E-state index contributed by atoms with van der Waals surface area (Å²) in [6, 6.07) is 12.4. The van der Waals surface area contributed by atoms with Crippen LogP contribution in [-0.4, -0.2) is 47.2 Å². The lowest BCUT2D eigenvalue weighted by Crippen LogP contribution is -2.47. The second-order valence-electron chi connectivity index (χ2n) is 6.41. The van der Waals surface area contributed by atoms with Crippen LogP contribution in [0.15, 0.2) is 35.7 Å². The Morgan fingerprint density at radius 1 is 1.16 bits per heavy atom. The number of rotatable bonds is 4. The van der Waals surface area contributed by atoms with E-state index in [1.807, 2.05) is 36.6 Å². The second-order valence-corrected chi connectivity index (χ2v) is 7.45. The molecule has 0 N–H and O–H groups in total. The lowest BCUT2D eigenvalue weighted by molar-refractivity contribution is 0.260. The first-order chi connectivity index (χ1) is 12.3. The average molecular weight is 351 g/mol. The van der Waals surface area contributed by atoms with E-state index < -0.39 is 0 Å². The minimum atomic E-state index is 0.688. The molecule has 2 aromatic heterocycles. The molecule has 1 saturated heterocycles. The summed E-state index contributed by atoms with van der Waals surface area (Å²) in [5.41, 5.74) is 2.52. The third-order valence-corrected chi connectivity index (χ3v) is 5.84. The Hall–Kier alpha value is -2.36. The first kappa shape index (κ1) is 16.1. The van der Waals surface area contributed by atoms with Gasteiger partial charge in [-0.25, -0.2) is 4.98 Å². The molecule has 128 valence electrons. The highest BCUT2D eigenvalue weighted by atomic mass is 32.1. The van der Waals surface area contributed by atoms with E-state index in [1.165, 1.54) is 4.88 Å². The van der Waals surface area contributed by atoms with Crippen LogP contribution in [0.5, 0.6) is 0 Å². The van der Waals surface area contributed by atoms with Gasteiger partial charge in [0.2, 0.25) is 5.95 Å². The fraction of sp³-hybridized carbons (Fsp3) is 0.368. The number of hydrogen-bond donors (Lipinski definition) is 0. The third kappa shape index (κ3) is 3.13. The van der Waals surface area contributed by atoms with Crippen LogP contribution in [0.2, 0.25) is 0 Å². The highest BCUT2D eigenvalue weighted by Crippen LogP contribution is 2.25. The number of anilines is 1. The predicted octanol–water partition coefficient (Wildman–Crippen LogP) is 2.87. The van der Waals surface area contributed by atoms with Crippen LogP contribution < -0.4 is 4.90 Å². The molecule has 3 aromatic rings. The Bertz CT molecular complexity index is 898. The summed E-state index contributed by atoms with van der Waals surface area (Å²) in [7, 11) is 2.01. The summed E-state index contributed by atoms with van der Waals surface area (Å²) >= 11 is 1.84. The molecule has 25 heavy (non-hydrogen) atoms. The van der Waals surface area contributed by atoms with Gasteiger partial charge in [0.1, 0.15) is 6.07 Å². The van der Waals surface area contributed by atoms with Crippen LogP contribution in [0, 0.1) is 11.3 Å². The van der Waals surface area contributed by atoms with E-state index in [0.29, 0.717) is 5.56 Å². The largest absolute Gasteiger partial charge is 0.340 e. The first-order valence-electron chi connectivity index (χ1n) is 8.61. The molecule has 3 heterocycles. The molecule has 5 nitrogen and oxygen atoms in total. The van der Waals surface area contributed by atoms with Crippen molar-refractivity contribution in [2.24, 2.45) is 7.05 Å². The van der Waals surface area contributed by atoms with Crippen LogP contribution in [0.4, 0.5) is 5.95 Å². The molecule has 0 bridgehead atoms. The number of imidazole rings is 1. The number of hydrogen-bond acceptors (Lipinski definition) is 5. The summed E-state index contributed by atoms with van der Waals surface area (Å²) in [4.78, 5) is 11.1. The molecule has 6 heteroatoms. The van der Waals surface area contributed by atoms with Gasteiger partial charge in [-0.05, 0) is 30.0 Å². The maximum atomic E-state index is 9.34. The quantitative estimate of drug-likeness (QED) is 0.725. The van der Waals surface area contributed by atoms with Gasteiger partial charge in [-0.15, -0.1) is 11.3 Å². The van der Waals surface area contributed by atoms with Gasteiger partial charge in [0.15, 0.2) is 0 Å². The highest BCUT2D eigenvalue weighted by molar-refractivity contribution is 7.09. The predicted molar refractivity (Wildman–Crippen MR) is 102 cm³/mol. The number of thiophene rings is 1. The van der Waals surface area contributed by atoms with Gasteiger partial charge in [0.25, 0.3) is 0 Å². The number of fused-ring (bicyclic) bond motifs is 1. The van der Waals surface area contributed by atoms with Gasteiger partial charge in [-0.2, -0.15) is 5.26 Å². The molecule has 1 aliphatic rings. The van der Waals surface area contributed by atoms with Crippen LogP contribution >= 0.6 is 11.3 Å². The zero-order valence-corrected chi connectivity index (χ0v) is 15.2. The normalized spacial score (nSPS) is 15.6. The fourth-order valence-electron chi connectivity index (χ4n) is 3.52. The summed E-state index contributed by atoms with van der Waals surface area (Å²) < 4.78 is 2.06. The molecule has 1 fully saturated rings. The average Bonchev–Trinajstić information content (AvgIpc) is 3.28. The Morgan fingerprint density at radius 3 is 2.72 bits per heavy atom. The van der Waals surface area contributed by atoms with Gasteiger partial charge >= 0.3 is 0 Å². The summed E-state index contributed by atoms with van der Waals surface area (Å²) in [5, 5.41) is 11.5. The standard InChI is InChI=1S/C19H21N5S/c1-22-18-15(14-20)4-2-6-17(18)21-19(22)24-11-9-23(10-12-24)8-7-16-5-3-13-25-16/h2-6,13H,7-12H2,1H3. The van der Waals surface area contributed by atoms with Crippen molar-refractivity contribution in [3.63, 3.8) is 0 Å². The molecule has 0 spiro atoms. The Labute approximate surface area is 151 Å². The van der Waals surface area contributed by atoms with Gasteiger partial charge in [0.05, 0.1) is 16.6 Å². The highest BCUT2D eigenvalue weighted by Gasteiger charge is 2.22. The van der Waals surface area contributed by atoms with Gasteiger partial charge in [-0.1, -0.05) is 12.1 Å². The van der Waals surface area contributed by atoms with E-state index in [9.17, 15) is 5.26 Å². The maximum absolute atomic E-state index is 9.34. The van der Waals surface area contributed by atoms with Crippen molar-refractivity contribution in [1.82, 2.24) is 14.5 Å². The van der Waals surface area contributed by atoms with Crippen LogP contribution in [0.1, 0.15) is 10.4 Å². The smallest absolute Gasteiger partial charge is 0.206 e. The lowest BCUT2D eigenvalue weighted by atomic mass is 10.2. The van der Waals surface area contributed by atoms with E-state index in [-0.39, 0.29) is 0 Å². The van der Waals surface area contributed by atoms with Crippen LogP contribution in [0.25, 0.3) is 11.0 Å². The van der Waals surface area contributed by atoms with E-state index >= 15 is 0 Å². The van der Waals surface area contributed by atoms with E-state index in [1.54, 1.807) is 0 Å². The zero-order chi connectivity index (χ0) is 17.2. The van der Waals surface area contributed by atoms with Crippen LogP contribution in [0.3, 0.4) is 0 Å². The molecule has 0 unspecified atom stereocenters. The van der Waals surface area contributed by atoms with E-state index in [2.05, 4.69) is 37.9 Å². The number of aryl methyl sites for hydroxylation is 1. The minimum absolute atomic E-state index is 0.688. The Kier molecular flexibility index (Phi) is 4.43. The topological polar surface area (TPSA) is 48.1 Å². The van der Waals surface area contributed by atoms with Crippen molar-refractivity contribution < 1.29 is 0 Å². The number of para-hydroxylation sites is 1.